The van der Waals surface area contributed by atoms with Gasteiger partial charge in [0.1, 0.15) is 12.8 Å². The monoisotopic (exact) mass is 372 g/mol. The third kappa shape index (κ3) is 3.76. The molecule has 0 aromatic heterocycles. The lowest BCUT2D eigenvalue weighted by molar-refractivity contribution is -0.123. The smallest absolute Gasteiger partial charge is 0.256 e. The van der Waals surface area contributed by atoms with Gasteiger partial charge in [0, 0.05) is 21.2 Å². The lowest BCUT2D eigenvalue weighted by Crippen LogP contribution is -2.45. The van der Waals surface area contributed by atoms with Gasteiger partial charge in [-0.05, 0) is 31.5 Å². The summed E-state index contributed by atoms with van der Waals surface area (Å²) in [6.07, 6.45) is 2.62. The Labute approximate surface area is 156 Å². The molecule has 0 spiro atoms. The minimum absolute atomic E-state index is 0.0480. The number of benzene rings is 1. The van der Waals surface area contributed by atoms with E-state index in [9.17, 15) is 9.59 Å². The molecule has 1 aromatic carbocycles. The van der Waals surface area contributed by atoms with Gasteiger partial charge >= 0.3 is 0 Å². The molecule has 0 N–H and O–H groups in total. The predicted octanol–water partition coefficient (Wildman–Crippen LogP) is 3.51. The number of ether oxygens (including phenoxy) is 1. The zero-order chi connectivity index (χ0) is 18.9. The molecular weight excluding hydrogens is 344 g/mol. The third-order valence-corrected chi connectivity index (χ3v) is 6.77. The van der Waals surface area contributed by atoms with E-state index in [1.54, 1.807) is 15.9 Å². The second kappa shape index (κ2) is 7.37. The van der Waals surface area contributed by atoms with Crippen molar-refractivity contribution in [2.24, 2.45) is 0 Å². The van der Waals surface area contributed by atoms with E-state index in [2.05, 4.69) is 19.6 Å². The van der Waals surface area contributed by atoms with E-state index in [1.807, 2.05) is 31.2 Å². The van der Waals surface area contributed by atoms with Crippen LogP contribution in [0.3, 0.4) is 0 Å². The molecule has 1 fully saturated rings. The summed E-state index contributed by atoms with van der Waals surface area (Å²) < 4.78 is 5.86. The molecule has 2 aliphatic rings. The number of amides is 2. The van der Waals surface area contributed by atoms with E-state index in [0.29, 0.717) is 30.8 Å². The van der Waals surface area contributed by atoms with Crippen molar-refractivity contribution in [2.75, 3.05) is 24.8 Å². The lowest BCUT2D eigenvalue weighted by Gasteiger charge is -2.26. The molecule has 0 saturated carbocycles. The predicted molar refractivity (Wildman–Crippen MR) is 106 cm³/mol. The Balaban J connectivity index is 1.86. The van der Waals surface area contributed by atoms with Crippen LogP contribution in [0.4, 0.5) is 5.69 Å². The van der Waals surface area contributed by atoms with E-state index < -0.39 is 14.1 Å². The molecule has 3 rings (SSSR count). The van der Waals surface area contributed by atoms with Crippen LogP contribution in [0.15, 0.2) is 35.9 Å². The normalized spacial score (nSPS) is 21.8. The Morgan fingerprint density at radius 3 is 2.65 bits per heavy atom. The molecule has 2 heterocycles. The SMILES string of the molecule is C/C=C1\C[C@H]2C(=O)N(COCC[Si](C)(C)C)c3ccccc3C(=O)N2C1. The van der Waals surface area contributed by atoms with Crippen molar-refractivity contribution in [2.45, 2.75) is 45.1 Å². The average molecular weight is 373 g/mol. The summed E-state index contributed by atoms with van der Waals surface area (Å²) in [4.78, 5) is 29.6. The van der Waals surface area contributed by atoms with Crippen molar-refractivity contribution in [1.82, 2.24) is 4.90 Å². The van der Waals surface area contributed by atoms with Gasteiger partial charge < -0.3 is 9.64 Å². The molecule has 0 bridgehead atoms. The maximum Gasteiger partial charge on any atom is 0.256 e. The number of carbonyl (C=O) groups excluding carboxylic acids is 2. The summed E-state index contributed by atoms with van der Waals surface area (Å²) in [5, 5.41) is 0. The van der Waals surface area contributed by atoms with Crippen molar-refractivity contribution < 1.29 is 14.3 Å². The van der Waals surface area contributed by atoms with Crippen molar-refractivity contribution in [3.63, 3.8) is 0 Å². The van der Waals surface area contributed by atoms with Crippen molar-refractivity contribution in [3.8, 4) is 0 Å². The number of anilines is 1. The van der Waals surface area contributed by atoms with Crippen molar-refractivity contribution >= 4 is 25.6 Å². The first-order chi connectivity index (χ1) is 12.3. The fourth-order valence-electron chi connectivity index (χ4n) is 3.41. The quantitative estimate of drug-likeness (QED) is 0.451. The highest BCUT2D eigenvalue weighted by Crippen LogP contribution is 2.34. The summed E-state index contributed by atoms with van der Waals surface area (Å²) in [5.74, 6) is -0.117. The zero-order valence-electron chi connectivity index (χ0n) is 16.1. The number of carbonyl (C=O) groups is 2. The lowest BCUT2D eigenvalue weighted by atomic mass is 10.1. The molecular formula is C20H28N2O3Si. The minimum atomic E-state index is -1.19. The van der Waals surface area contributed by atoms with Crippen LogP contribution < -0.4 is 4.90 Å². The van der Waals surface area contributed by atoms with E-state index in [0.717, 1.165) is 11.6 Å². The second-order valence-corrected chi connectivity index (χ2v) is 13.9. The summed E-state index contributed by atoms with van der Waals surface area (Å²) in [5.41, 5.74) is 2.37. The topological polar surface area (TPSA) is 49.9 Å². The molecule has 0 radical (unpaired) electrons. The molecule has 2 aliphatic heterocycles. The van der Waals surface area contributed by atoms with Gasteiger partial charge in [-0.2, -0.15) is 0 Å². The summed E-state index contributed by atoms with van der Waals surface area (Å²) in [7, 11) is -1.19. The second-order valence-electron chi connectivity index (χ2n) is 8.23. The van der Waals surface area contributed by atoms with Crippen LogP contribution in [0.5, 0.6) is 0 Å². The molecule has 0 unspecified atom stereocenters. The molecule has 5 nitrogen and oxygen atoms in total. The maximum absolute atomic E-state index is 13.2. The van der Waals surface area contributed by atoms with E-state index in [1.165, 1.54) is 0 Å². The number of nitrogens with zero attached hydrogens (tertiary/aromatic N) is 2. The maximum atomic E-state index is 13.2. The Kier molecular flexibility index (Phi) is 5.34. The van der Waals surface area contributed by atoms with E-state index in [4.69, 9.17) is 4.74 Å². The molecule has 2 amide bonds. The largest absolute Gasteiger partial charge is 0.361 e. The summed E-state index contributed by atoms with van der Waals surface area (Å²) in [6, 6.07) is 7.97. The third-order valence-electron chi connectivity index (χ3n) is 5.07. The molecule has 0 aliphatic carbocycles. The molecule has 26 heavy (non-hydrogen) atoms. The standard InChI is InChI=1S/C20H28N2O3Si/c1-5-15-12-18-20(24)22(14-25-10-11-26(2,3)4)17-9-7-6-8-16(17)19(23)21(18)13-15/h5-9,18H,10-14H2,1-4H3/b15-5+/t18-/m0/s1. The highest BCUT2D eigenvalue weighted by atomic mass is 28.3. The minimum Gasteiger partial charge on any atom is -0.361 e. The van der Waals surface area contributed by atoms with Crippen molar-refractivity contribution in [1.29, 1.82) is 0 Å². The van der Waals surface area contributed by atoms with Crippen LogP contribution in [0.25, 0.3) is 0 Å². The van der Waals surface area contributed by atoms with E-state index >= 15 is 0 Å². The molecule has 1 atom stereocenters. The zero-order valence-corrected chi connectivity index (χ0v) is 17.1. The number of para-hydroxylation sites is 1. The van der Waals surface area contributed by atoms with Crippen LogP contribution in [0.2, 0.25) is 25.7 Å². The Bertz CT molecular complexity index is 739. The van der Waals surface area contributed by atoms with Gasteiger partial charge in [-0.1, -0.05) is 43.4 Å². The van der Waals surface area contributed by atoms with Gasteiger partial charge in [0.25, 0.3) is 11.8 Å². The van der Waals surface area contributed by atoms with Gasteiger partial charge in [-0.15, -0.1) is 0 Å². The van der Waals surface area contributed by atoms with E-state index in [-0.39, 0.29) is 18.5 Å². The number of fused-ring (bicyclic) bond motifs is 2. The van der Waals surface area contributed by atoms with Crippen LogP contribution >= 0.6 is 0 Å². The first-order valence-electron chi connectivity index (χ1n) is 9.25. The average Bonchev–Trinajstić information content (AvgIpc) is 3.01. The number of allylic oxidation sites excluding steroid dienone is 1. The molecule has 1 saturated heterocycles. The summed E-state index contributed by atoms with van der Waals surface area (Å²) in [6.45, 7) is 10.2. The molecule has 140 valence electrons. The Morgan fingerprint density at radius 1 is 1.23 bits per heavy atom. The highest BCUT2D eigenvalue weighted by Gasteiger charge is 2.43. The Hall–Kier alpha value is -1.92. The fourth-order valence-corrected chi connectivity index (χ4v) is 4.16. The van der Waals surface area contributed by atoms with Crippen LogP contribution in [0, 0.1) is 0 Å². The van der Waals surface area contributed by atoms with Crippen LogP contribution in [0.1, 0.15) is 23.7 Å². The van der Waals surface area contributed by atoms with Gasteiger partial charge in [0.05, 0.1) is 11.3 Å². The number of rotatable bonds is 5. The fraction of sp³-hybridized carbons (Fsp3) is 0.500. The molecule has 1 aromatic rings. The number of hydrogen-bond donors (Lipinski definition) is 0. The first-order valence-corrected chi connectivity index (χ1v) is 13.0. The first kappa shape index (κ1) is 18.9. The summed E-state index contributed by atoms with van der Waals surface area (Å²) >= 11 is 0. The van der Waals surface area contributed by atoms with Crippen LogP contribution in [-0.2, 0) is 9.53 Å². The van der Waals surface area contributed by atoms with Crippen molar-refractivity contribution in [3.05, 3.63) is 41.5 Å². The van der Waals surface area contributed by atoms with Gasteiger partial charge in [-0.3, -0.25) is 14.5 Å². The highest BCUT2D eigenvalue weighted by molar-refractivity contribution is 6.76. The molecule has 6 heteroatoms. The van der Waals surface area contributed by atoms with Gasteiger partial charge in [0.15, 0.2) is 0 Å². The Morgan fingerprint density at radius 2 is 1.96 bits per heavy atom. The van der Waals surface area contributed by atoms with Crippen LogP contribution in [-0.4, -0.2) is 50.7 Å². The van der Waals surface area contributed by atoms with Gasteiger partial charge in [0.2, 0.25) is 0 Å². The van der Waals surface area contributed by atoms with Gasteiger partial charge in [-0.25, -0.2) is 0 Å². The number of hydrogen-bond acceptors (Lipinski definition) is 3.